The number of nitrogens with one attached hydrogen (secondary N) is 2. The van der Waals surface area contributed by atoms with Crippen LogP contribution in [-0.4, -0.2) is 35.9 Å². The maximum absolute atomic E-state index is 11.8. The molecule has 114 valence electrons. The molecule has 21 heavy (non-hydrogen) atoms. The average molecular weight is 307 g/mol. The van der Waals surface area contributed by atoms with Crippen LogP contribution in [-0.2, 0) is 4.79 Å². The average Bonchev–Trinajstić information content (AvgIpc) is 2.37. The van der Waals surface area contributed by atoms with Gasteiger partial charge in [-0.25, -0.2) is 0 Å². The molecule has 0 radical (unpaired) electrons. The predicted molar refractivity (Wildman–Crippen MR) is 88.3 cm³/mol. The Balaban J connectivity index is 2.66. The second-order valence-corrected chi connectivity index (χ2v) is 6.34. The van der Waals surface area contributed by atoms with E-state index in [1.54, 1.807) is 38.4 Å². The van der Waals surface area contributed by atoms with Gasteiger partial charge in [0.25, 0.3) is 5.91 Å². The lowest BCUT2D eigenvalue weighted by atomic mass is 9.96. The van der Waals surface area contributed by atoms with E-state index < -0.39 is 5.41 Å². The van der Waals surface area contributed by atoms with E-state index in [2.05, 4.69) is 10.6 Å². The number of rotatable bonds is 2. The Morgan fingerprint density at radius 3 is 2.05 bits per heavy atom. The standard InChI is InChI=1S/C15H21N3O2S/c1-15(2,3)13(20)17-14(21)16-11-8-6-10(7-9-11)12(19)18(4)5/h6-9H,1-5H3,(H2,16,17,20,21). The molecule has 1 aromatic rings. The zero-order valence-electron chi connectivity index (χ0n) is 13.0. The largest absolute Gasteiger partial charge is 0.345 e. The zero-order chi connectivity index (χ0) is 16.2. The Morgan fingerprint density at radius 1 is 1.10 bits per heavy atom. The van der Waals surface area contributed by atoms with Gasteiger partial charge in [0.15, 0.2) is 5.11 Å². The predicted octanol–water partition coefficient (Wildman–Crippen LogP) is 2.25. The SMILES string of the molecule is CN(C)C(=O)c1ccc(NC(=S)NC(=O)C(C)(C)C)cc1. The molecule has 6 heteroatoms. The van der Waals surface area contributed by atoms with Crippen LogP contribution in [0.5, 0.6) is 0 Å². The third-order valence-electron chi connectivity index (χ3n) is 2.70. The van der Waals surface area contributed by atoms with Gasteiger partial charge in [-0.2, -0.15) is 0 Å². The summed E-state index contributed by atoms with van der Waals surface area (Å²) in [5.41, 5.74) is 0.799. The lowest BCUT2D eigenvalue weighted by Gasteiger charge is -2.18. The molecule has 1 aromatic carbocycles. The van der Waals surface area contributed by atoms with E-state index >= 15 is 0 Å². The summed E-state index contributed by atoms with van der Waals surface area (Å²) in [5.74, 6) is -0.218. The van der Waals surface area contributed by atoms with Crippen LogP contribution in [0.25, 0.3) is 0 Å². The van der Waals surface area contributed by atoms with Crippen molar-refractivity contribution in [1.82, 2.24) is 10.2 Å². The van der Waals surface area contributed by atoms with E-state index in [-0.39, 0.29) is 16.9 Å². The number of anilines is 1. The first kappa shape index (κ1) is 17.1. The Labute approximate surface area is 130 Å². The number of carbonyl (C=O) groups is 2. The molecule has 0 saturated carbocycles. The van der Waals surface area contributed by atoms with Crippen LogP contribution >= 0.6 is 12.2 Å². The quantitative estimate of drug-likeness (QED) is 0.823. The number of benzene rings is 1. The second-order valence-electron chi connectivity index (χ2n) is 5.94. The van der Waals surface area contributed by atoms with Gasteiger partial charge in [0.05, 0.1) is 0 Å². The molecule has 0 heterocycles. The molecule has 2 N–H and O–H groups in total. The molecule has 0 aliphatic carbocycles. The minimum atomic E-state index is -0.506. The van der Waals surface area contributed by atoms with Gasteiger partial charge in [0.1, 0.15) is 0 Å². The maximum atomic E-state index is 11.8. The lowest BCUT2D eigenvalue weighted by molar-refractivity contribution is -0.126. The number of carbonyl (C=O) groups excluding carboxylic acids is 2. The molecule has 0 aliphatic rings. The van der Waals surface area contributed by atoms with Gasteiger partial charge >= 0.3 is 0 Å². The van der Waals surface area contributed by atoms with Crippen LogP contribution in [0.15, 0.2) is 24.3 Å². The fourth-order valence-corrected chi connectivity index (χ4v) is 1.62. The molecule has 0 unspecified atom stereocenters. The summed E-state index contributed by atoms with van der Waals surface area (Å²) in [6.07, 6.45) is 0. The highest BCUT2D eigenvalue weighted by Gasteiger charge is 2.21. The molecule has 0 spiro atoms. The van der Waals surface area contributed by atoms with Crippen molar-refractivity contribution in [3.63, 3.8) is 0 Å². The van der Waals surface area contributed by atoms with Crippen LogP contribution in [0.3, 0.4) is 0 Å². The highest BCUT2D eigenvalue weighted by atomic mass is 32.1. The molecular weight excluding hydrogens is 286 g/mol. The Hall–Kier alpha value is -1.95. The van der Waals surface area contributed by atoms with E-state index in [1.807, 2.05) is 20.8 Å². The van der Waals surface area contributed by atoms with Crippen LogP contribution in [0.4, 0.5) is 5.69 Å². The molecule has 0 atom stereocenters. The molecule has 5 nitrogen and oxygen atoms in total. The van der Waals surface area contributed by atoms with Gasteiger partial charge < -0.3 is 15.5 Å². The van der Waals surface area contributed by atoms with Crippen molar-refractivity contribution in [3.8, 4) is 0 Å². The first-order valence-electron chi connectivity index (χ1n) is 6.55. The summed E-state index contributed by atoms with van der Waals surface area (Å²) in [5, 5.41) is 5.78. The van der Waals surface area contributed by atoms with E-state index in [9.17, 15) is 9.59 Å². The van der Waals surface area contributed by atoms with Gasteiger partial charge in [0.2, 0.25) is 5.91 Å². The van der Waals surface area contributed by atoms with Crippen LogP contribution in [0.1, 0.15) is 31.1 Å². The summed E-state index contributed by atoms with van der Waals surface area (Å²) in [6, 6.07) is 6.90. The summed E-state index contributed by atoms with van der Waals surface area (Å²) >= 11 is 5.09. The van der Waals surface area contributed by atoms with E-state index in [0.29, 0.717) is 11.3 Å². The van der Waals surface area contributed by atoms with Crippen LogP contribution < -0.4 is 10.6 Å². The van der Waals surface area contributed by atoms with Gasteiger partial charge in [-0.1, -0.05) is 20.8 Å². The molecule has 0 fully saturated rings. The highest BCUT2D eigenvalue weighted by molar-refractivity contribution is 7.80. The van der Waals surface area contributed by atoms with Crippen molar-refractivity contribution >= 4 is 34.8 Å². The van der Waals surface area contributed by atoms with Crippen molar-refractivity contribution in [2.75, 3.05) is 19.4 Å². The van der Waals surface area contributed by atoms with Crippen molar-refractivity contribution < 1.29 is 9.59 Å². The molecular formula is C15H21N3O2S. The fourth-order valence-electron chi connectivity index (χ4n) is 1.41. The van der Waals surface area contributed by atoms with Crippen molar-refractivity contribution in [3.05, 3.63) is 29.8 Å². The first-order valence-corrected chi connectivity index (χ1v) is 6.96. The van der Waals surface area contributed by atoms with Crippen molar-refractivity contribution in [1.29, 1.82) is 0 Å². The summed E-state index contributed by atoms with van der Waals surface area (Å²) in [4.78, 5) is 25.1. The van der Waals surface area contributed by atoms with Crippen LogP contribution in [0, 0.1) is 5.41 Å². The fraction of sp³-hybridized carbons (Fsp3) is 0.400. The van der Waals surface area contributed by atoms with Gasteiger partial charge in [-0.15, -0.1) is 0 Å². The Kier molecular flexibility index (Phi) is 5.43. The third kappa shape index (κ3) is 5.15. The molecule has 0 bridgehead atoms. The monoisotopic (exact) mass is 307 g/mol. The van der Waals surface area contributed by atoms with Gasteiger partial charge in [-0.3, -0.25) is 9.59 Å². The van der Waals surface area contributed by atoms with Crippen LogP contribution in [0.2, 0.25) is 0 Å². The summed E-state index contributed by atoms with van der Waals surface area (Å²) in [7, 11) is 3.40. The molecule has 0 saturated heterocycles. The zero-order valence-corrected chi connectivity index (χ0v) is 13.8. The molecule has 0 aromatic heterocycles. The molecule has 1 rings (SSSR count). The molecule has 0 aliphatic heterocycles. The number of thiocarbonyl (C=S) groups is 1. The number of amides is 2. The summed E-state index contributed by atoms with van der Waals surface area (Å²) in [6.45, 7) is 5.44. The second kappa shape index (κ2) is 6.67. The number of nitrogens with zero attached hydrogens (tertiary/aromatic N) is 1. The van der Waals surface area contributed by atoms with E-state index in [1.165, 1.54) is 4.90 Å². The highest BCUT2D eigenvalue weighted by Crippen LogP contribution is 2.13. The maximum Gasteiger partial charge on any atom is 0.253 e. The Bertz CT molecular complexity index is 545. The van der Waals surface area contributed by atoms with Gasteiger partial charge in [-0.05, 0) is 36.5 Å². The topological polar surface area (TPSA) is 61.4 Å². The van der Waals surface area contributed by atoms with E-state index in [4.69, 9.17) is 12.2 Å². The first-order chi connectivity index (χ1) is 9.61. The normalized spacial score (nSPS) is 10.7. The lowest BCUT2D eigenvalue weighted by Crippen LogP contribution is -2.41. The Morgan fingerprint density at radius 2 is 1.62 bits per heavy atom. The number of hydrogen-bond acceptors (Lipinski definition) is 3. The van der Waals surface area contributed by atoms with Gasteiger partial charge in [0, 0.05) is 30.8 Å². The molecule has 2 amide bonds. The minimum absolute atomic E-state index is 0.0647. The third-order valence-corrected chi connectivity index (χ3v) is 2.91. The minimum Gasteiger partial charge on any atom is -0.345 e. The number of hydrogen-bond donors (Lipinski definition) is 2. The summed E-state index contributed by atoms with van der Waals surface area (Å²) < 4.78 is 0. The smallest absolute Gasteiger partial charge is 0.253 e. The van der Waals surface area contributed by atoms with Crippen molar-refractivity contribution in [2.45, 2.75) is 20.8 Å². The van der Waals surface area contributed by atoms with Crippen molar-refractivity contribution in [2.24, 2.45) is 5.41 Å². The van der Waals surface area contributed by atoms with E-state index in [0.717, 1.165) is 0 Å².